The van der Waals surface area contributed by atoms with Crippen molar-refractivity contribution in [1.82, 2.24) is 13.9 Å². The van der Waals surface area contributed by atoms with Gasteiger partial charge in [-0.1, -0.05) is 29.8 Å². The molecule has 1 amide bonds. The van der Waals surface area contributed by atoms with Gasteiger partial charge >= 0.3 is 0 Å². The van der Waals surface area contributed by atoms with Gasteiger partial charge in [-0.3, -0.25) is 4.79 Å². The number of morpholine rings is 1. The molecule has 0 aromatic heterocycles. The van der Waals surface area contributed by atoms with Crippen molar-refractivity contribution in [2.75, 3.05) is 39.4 Å². The lowest BCUT2D eigenvalue weighted by molar-refractivity contribution is -0.138. The summed E-state index contributed by atoms with van der Waals surface area (Å²) in [5.74, 6) is -0.674. The monoisotopic (exact) mass is 541 g/mol. The van der Waals surface area contributed by atoms with E-state index < -0.39 is 26.1 Å². The van der Waals surface area contributed by atoms with Crippen LogP contribution in [-0.2, 0) is 29.6 Å². The van der Waals surface area contributed by atoms with Gasteiger partial charge in [-0.15, -0.1) is 0 Å². The molecule has 0 bridgehead atoms. The molecule has 0 spiro atoms. The number of ether oxygens (including phenoxy) is 1. The Morgan fingerprint density at radius 1 is 0.886 bits per heavy atom. The second kappa shape index (κ2) is 10.9. The van der Waals surface area contributed by atoms with Crippen molar-refractivity contribution in [3.63, 3.8) is 0 Å². The number of amides is 1. The number of halogens is 1. The van der Waals surface area contributed by atoms with Crippen LogP contribution in [-0.4, -0.2) is 77.4 Å². The Bertz CT molecular complexity index is 1230. The predicted octanol–water partition coefficient (Wildman–Crippen LogP) is 1.95. The van der Waals surface area contributed by atoms with Gasteiger partial charge in [-0.25, -0.2) is 16.8 Å². The molecule has 2 aromatic rings. The van der Waals surface area contributed by atoms with E-state index in [-0.39, 0.29) is 34.7 Å². The molecule has 2 fully saturated rings. The van der Waals surface area contributed by atoms with Gasteiger partial charge in [0, 0.05) is 31.2 Å². The van der Waals surface area contributed by atoms with E-state index in [1.165, 1.54) is 40.7 Å². The van der Waals surface area contributed by atoms with Crippen LogP contribution in [0.25, 0.3) is 0 Å². The highest BCUT2D eigenvalue weighted by Crippen LogP contribution is 2.28. The maximum absolute atomic E-state index is 13.4. The third-order valence-electron chi connectivity index (χ3n) is 6.35. The zero-order chi connectivity index (χ0) is 25.1. The zero-order valence-electron chi connectivity index (χ0n) is 19.0. The topological polar surface area (TPSA) is 113 Å². The number of carbonyl (C=O) groups excluding carboxylic acids is 1. The molecule has 0 saturated carbocycles. The van der Waals surface area contributed by atoms with Gasteiger partial charge in [0.15, 0.2) is 0 Å². The molecule has 2 heterocycles. The molecule has 2 aliphatic heterocycles. The first kappa shape index (κ1) is 26.1. The third-order valence-corrected chi connectivity index (χ3v) is 9.97. The van der Waals surface area contributed by atoms with E-state index >= 15 is 0 Å². The van der Waals surface area contributed by atoms with Gasteiger partial charge in [-0.2, -0.15) is 9.03 Å². The number of sulfonamides is 2. The Morgan fingerprint density at radius 2 is 1.49 bits per heavy atom. The summed E-state index contributed by atoms with van der Waals surface area (Å²) in [4.78, 5) is 15.3. The van der Waals surface area contributed by atoms with E-state index in [0.717, 1.165) is 0 Å². The number of carbonyl (C=O) groups is 1. The van der Waals surface area contributed by atoms with Crippen LogP contribution in [0.3, 0.4) is 0 Å². The fraction of sp³-hybridized carbons (Fsp3) is 0.435. The summed E-state index contributed by atoms with van der Waals surface area (Å²) < 4.78 is 61.6. The highest BCUT2D eigenvalue weighted by molar-refractivity contribution is 7.89. The molecule has 1 N–H and O–H groups in total. The van der Waals surface area contributed by atoms with E-state index in [1.807, 2.05) is 0 Å². The number of benzene rings is 2. The number of nitrogens with one attached hydrogen (secondary N) is 1. The fourth-order valence-corrected chi connectivity index (χ4v) is 7.24. The Kier molecular flexibility index (Phi) is 8.14. The Balaban J connectivity index is 1.53. The molecular formula is C23H28ClN3O6S2. The molecule has 2 aliphatic rings. The van der Waals surface area contributed by atoms with Crippen molar-refractivity contribution in [2.24, 2.45) is 5.92 Å². The molecule has 1 atom stereocenters. The number of hydrogen-bond acceptors (Lipinski definition) is 6. The van der Waals surface area contributed by atoms with Crippen molar-refractivity contribution in [3.05, 3.63) is 59.6 Å². The number of piperidine rings is 1. The van der Waals surface area contributed by atoms with E-state index in [9.17, 15) is 21.6 Å². The van der Waals surface area contributed by atoms with Crippen LogP contribution in [0, 0.1) is 5.92 Å². The van der Waals surface area contributed by atoms with Crippen molar-refractivity contribution in [1.29, 1.82) is 0 Å². The third kappa shape index (κ3) is 6.04. The number of nitrogens with zero attached hydrogens (tertiary/aromatic N) is 2. The summed E-state index contributed by atoms with van der Waals surface area (Å²) in [6.07, 6.45) is 0.676. The van der Waals surface area contributed by atoms with E-state index in [4.69, 9.17) is 16.3 Å². The van der Waals surface area contributed by atoms with Crippen LogP contribution in [0.15, 0.2) is 64.4 Å². The molecule has 190 valence electrons. The van der Waals surface area contributed by atoms with Gasteiger partial charge in [0.2, 0.25) is 26.0 Å². The summed E-state index contributed by atoms with van der Waals surface area (Å²) in [7, 11) is -7.68. The Hall–Kier alpha value is -2.02. The molecule has 0 aliphatic carbocycles. The van der Waals surface area contributed by atoms with Gasteiger partial charge in [-0.05, 0) is 55.2 Å². The molecule has 35 heavy (non-hydrogen) atoms. The SMILES string of the molecule is O=C([C@@H](NS(=O)(=O)c1ccccc1)C1CCN(S(=O)(=O)c2ccc(Cl)cc2)CC1)N1CCOCC1. The average molecular weight is 542 g/mol. The molecule has 0 unspecified atom stereocenters. The smallest absolute Gasteiger partial charge is 0.243 e. The summed E-state index contributed by atoms with van der Waals surface area (Å²) in [5.41, 5.74) is 0. The largest absolute Gasteiger partial charge is 0.378 e. The molecular weight excluding hydrogens is 514 g/mol. The van der Waals surface area contributed by atoms with Crippen LogP contribution < -0.4 is 4.72 Å². The predicted molar refractivity (Wildman–Crippen MR) is 131 cm³/mol. The van der Waals surface area contributed by atoms with Crippen LogP contribution >= 0.6 is 11.6 Å². The molecule has 9 nitrogen and oxygen atoms in total. The van der Waals surface area contributed by atoms with Gasteiger partial charge in [0.05, 0.1) is 23.0 Å². The van der Waals surface area contributed by atoms with E-state index in [2.05, 4.69) is 4.72 Å². The van der Waals surface area contributed by atoms with Gasteiger partial charge < -0.3 is 9.64 Å². The van der Waals surface area contributed by atoms with Crippen molar-refractivity contribution < 1.29 is 26.4 Å². The summed E-state index contributed by atoms with van der Waals surface area (Å²) in [5, 5.41) is 0.442. The van der Waals surface area contributed by atoms with E-state index in [0.29, 0.717) is 44.2 Å². The lowest BCUT2D eigenvalue weighted by Crippen LogP contribution is -2.56. The zero-order valence-corrected chi connectivity index (χ0v) is 21.4. The average Bonchev–Trinajstić information content (AvgIpc) is 2.88. The minimum Gasteiger partial charge on any atom is -0.378 e. The van der Waals surface area contributed by atoms with Crippen molar-refractivity contribution in [2.45, 2.75) is 28.7 Å². The standard InChI is InChI=1S/C23H28ClN3O6S2/c24-19-6-8-21(9-7-19)35(31,32)27-12-10-18(11-13-27)22(23(28)26-14-16-33-17-15-26)25-34(29,30)20-4-2-1-3-5-20/h1-9,18,22,25H,10-17H2/t22-/m0/s1. The molecule has 4 rings (SSSR count). The Morgan fingerprint density at radius 3 is 2.09 bits per heavy atom. The first-order valence-electron chi connectivity index (χ1n) is 11.4. The number of rotatable bonds is 7. The van der Waals surface area contributed by atoms with E-state index in [1.54, 1.807) is 23.1 Å². The first-order chi connectivity index (χ1) is 16.7. The number of hydrogen-bond donors (Lipinski definition) is 1. The first-order valence-corrected chi connectivity index (χ1v) is 14.7. The minimum absolute atomic E-state index is 0.0718. The second-order valence-corrected chi connectivity index (χ2v) is 12.6. The van der Waals surface area contributed by atoms with Crippen LogP contribution in [0.2, 0.25) is 5.02 Å². The summed E-state index contributed by atoms with van der Waals surface area (Å²) in [6.45, 7) is 1.90. The molecule has 0 radical (unpaired) electrons. The van der Waals surface area contributed by atoms with Crippen LogP contribution in [0.1, 0.15) is 12.8 Å². The molecule has 2 saturated heterocycles. The highest BCUT2D eigenvalue weighted by Gasteiger charge is 2.39. The normalized spacial score (nSPS) is 19.4. The lowest BCUT2D eigenvalue weighted by Gasteiger charge is -2.38. The summed E-state index contributed by atoms with van der Waals surface area (Å²) in [6, 6.07) is 12.9. The van der Waals surface area contributed by atoms with Crippen LogP contribution in [0.4, 0.5) is 0 Å². The van der Waals surface area contributed by atoms with Crippen LogP contribution in [0.5, 0.6) is 0 Å². The minimum atomic E-state index is -3.95. The Labute approximate surface area is 211 Å². The van der Waals surface area contributed by atoms with Crippen molar-refractivity contribution in [3.8, 4) is 0 Å². The molecule has 12 heteroatoms. The fourth-order valence-electron chi connectivity index (χ4n) is 4.37. The second-order valence-electron chi connectivity index (χ2n) is 8.55. The lowest BCUT2D eigenvalue weighted by atomic mass is 9.90. The van der Waals surface area contributed by atoms with Crippen molar-refractivity contribution >= 4 is 37.6 Å². The van der Waals surface area contributed by atoms with Gasteiger partial charge in [0.25, 0.3) is 0 Å². The molecule has 2 aromatic carbocycles. The highest BCUT2D eigenvalue weighted by atomic mass is 35.5. The maximum Gasteiger partial charge on any atom is 0.243 e. The summed E-state index contributed by atoms with van der Waals surface area (Å²) >= 11 is 5.88. The quantitative estimate of drug-likeness (QED) is 0.573. The van der Waals surface area contributed by atoms with Gasteiger partial charge in [0.1, 0.15) is 6.04 Å². The maximum atomic E-state index is 13.4.